The summed E-state index contributed by atoms with van der Waals surface area (Å²) in [4.78, 5) is 26.5. The fraction of sp³-hybridized carbons (Fsp3) is 0.214. The van der Waals surface area contributed by atoms with Crippen LogP contribution in [-0.4, -0.2) is 26.8 Å². The largest absolute Gasteiger partial charge is 0.348 e. The lowest BCUT2D eigenvalue weighted by molar-refractivity contribution is -0.119. The van der Waals surface area contributed by atoms with Crippen LogP contribution in [0.4, 0.5) is 0 Å². The van der Waals surface area contributed by atoms with Crippen molar-refractivity contribution in [1.29, 1.82) is 0 Å². The molecular weight excluding hydrogens is 320 g/mol. The van der Waals surface area contributed by atoms with Crippen molar-refractivity contribution in [3.63, 3.8) is 0 Å². The second-order valence-corrected chi connectivity index (χ2v) is 6.83. The van der Waals surface area contributed by atoms with E-state index < -0.39 is 0 Å². The van der Waals surface area contributed by atoms with Crippen LogP contribution in [0.2, 0.25) is 0 Å². The number of hydrogen-bond acceptors (Lipinski definition) is 5. The smallest absolute Gasteiger partial charge is 0.341 e. The van der Waals surface area contributed by atoms with Gasteiger partial charge in [-0.15, -0.1) is 16.4 Å². The average Bonchev–Trinajstić information content (AvgIpc) is 3.11. The molecule has 0 saturated heterocycles. The first kappa shape index (κ1) is 14.9. The van der Waals surface area contributed by atoms with Crippen LogP contribution < -0.4 is 11.0 Å². The molecule has 114 valence electrons. The first-order valence-electron chi connectivity index (χ1n) is 6.67. The molecule has 3 rings (SSSR count). The first-order valence-corrected chi connectivity index (χ1v) is 8.47. The summed E-state index contributed by atoms with van der Waals surface area (Å²) < 4.78 is 1.21. The maximum absolute atomic E-state index is 12.0. The number of hydrogen-bond donors (Lipinski definition) is 3. The summed E-state index contributed by atoms with van der Waals surface area (Å²) in [6, 6.07) is 10.2. The summed E-state index contributed by atoms with van der Waals surface area (Å²) in [5.74, 6) is 0.106. The lowest BCUT2D eigenvalue weighted by Crippen LogP contribution is -2.27. The zero-order valence-corrected chi connectivity index (χ0v) is 13.4. The van der Waals surface area contributed by atoms with E-state index >= 15 is 0 Å². The lowest BCUT2D eigenvalue weighted by atomic mass is 10.2. The summed E-state index contributed by atoms with van der Waals surface area (Å²) in [5.41, 5.74) is -0.374. The molecule has 0 radical (unpaired) electrons. The number of benzene rings is 1. The van der Waals surface area contributed by atoms with Crippen LogP contribution in [-0.2, 0) is 4.79 Å². The Morgan fingerprint density at radius 2 is 2.27 bits per heavy atom. The third kappa shape index (κ3) is 3.40. The van der Waals surface area contributed by atoms with Gasteiger partial charge in [0.15, 0.2) is 5.16 Å². The van der Waals surface area contributed by atoms with Gasteiger partial charge in [0.1, 0.15) is 0 Å². The predicted octanol–water partition coefficient (Wildman–Crippen LogP) is 2.28. The van der Waals surface area contributed by atoms with Gasteiger partial charge in [-0.05, 0) is 24.4 Å². The fourth-order valence-corrected chi connectivity index (χ4v) is 3.72. The number of thioether (sulfide) groups is 1. The molecular formula is C14H14N4O2S2. The number of aromatic nitrogens is 3. The number of fused-ring (bicyclic) bond motifs is 1. The number of nitrogens with one attached hydrogen (secondary N) is 3. The van der Waals surface area contributed by atoms with Gasteiger partial charge in [0.25, 0.3) is 0 Å². The molecule has 3 aromatic rings. The van der Waals surface area contributed by atoms with Gasteiger partial charge in [0.2, 0.25) is 5.91 Å². The number of carbonyl (C=O) groups is 1. The van der Waals surface area contributed by atoms with E-state index in [0.29, 0.717) is 5.16 Å². The molecule has 0 aliphatic heterocycles. The van der Waals surface area contributed by atoms with Crippen LogP contribution in [0.15, 0.2) is 40.3 Å². The van der Waals surface area contributed by atoms with Gasteiger partial charge in [-0.25, -0.2) is 9.89 Å². The van der Waals surface area contributed by atoms with E-state index in [2.05, 4.69) is 38.7 Å². The van der Waals surface area contributed by atoms with E-state index in [0.717, 1.165) is 4.88 Å². The zero-order valence-electron chi connectivity index (χ0n) is 11.8. The Morgan fingerprint density at radius 1 is 1.45 bits per heavy atom. The number of aromatic amines is 2. The van der Waals surface area contributed by atoms with E-state index in [4.69, 9.17) is 0 Å². The summed E-state index contributed by atoms with van der Waals surface area (Å²) in [6.07, 6.45) is 0. The van der Waals surface area contributed by atoms with Crippen molar-refractivity contribution in [2.75, 3.05) is 5.75 Å². The minimum atomic E-state index is -0.374. The number of carbonyl (C=O) groups excluding carboxylic acids is 1. The van der Waals surface area contributed by atoms with Gasteiger partial charge >= 0.3 is 5.69 Å². The number of nitrogens with zero attached hydrogens (tertiary/aromatic N) is 1. The first-order chi connectivity index (χ1) is 10.6. The molecule has 0 saturated carbocycles. The molecule has 0 spiro atoms. The number of amides is 1. The number of rotatable bonds is 5. The van der Waals surface area contributed by atoms with Gasteiger partial charge in [-0.2, -0.15) is 0 Å². The summed E-state index contributed by atoms with van der Waals surface area (Å²) in [6.45, 7) is 1.96. The highest BCUT2D eigenvalue weighted by Gasteiger charge is 2.13. The van der Waals surface area contributed by atoms with Crippen molar-refractivity contribution in [2.24, 2.45) is 0 Å². The third-order valence-electron chi connectivity index (χ3n) is 3.07. The highest BCUT2D eigenvalue weighted by molar-refractivity contribution is 7.99. The monoisotopic (exact) mass is 334 g/mol. The Kier molecular flexibility index (Phi) is 4.30. The van der Waals surface area contributed by atoms with E-state index in [1.54, 1.807) is 11.3 Å². The van der Waals surface area contributed by atoms with Gasteiger partial charge in [0.05, 0.1) is 11.8 Å². The van der Waals surface area contributed by atoms with Crippen LogP contribution >= 0.6 is 23.1 Å². The molecule has 0 bridgehead atoms. The van der Waals surface area contributed by atoms with Crippen molar-refractivity contribution < 1.29 is 4.79 Å². The van der Waals surface area contributed by atoms with E-state index in [9.17, 15) is 9.59 Å². The summed E-state index contributed by atoms with van der Waals surface area (Å²) in [5, 5.41) is 10.6. The van der Waals surface area contributed by atoms with Gasteiger partial charge < -0.3 is 5.32 Å². The molecule has 6 nitrogen and oxygen atoms in total. The summed E-state index contributed by atoms with van der Waals surface area (Å²) >= 11 is 2.86. The maximum atomic E-state index is 12.0. The molecule has 22 heavy (non-hydrogen) atoms. The van der Waals surface area contributed by atoms with Crippen LogP contribution in [0.1, 0.15) is 17.8 Å². The SMILES string of the molecule is C[C@@H](NC(=O)CSc1n[nH]c(=O)[nH]1)c1cc2ccccc2s1. The minimum Gasteiger partial charge on any atom is -0.348 e. The topological polar surface area (TPSA) is 90.6 Å². The lowest BCUT2D eigenvalue weighted by Gasteiger charge is -2.11. The predicted molar refractivity (Wildman–Crippen MR) is 88.3 cm³/mol. The highest BCUT2D eigenvalue weighted by Crippen LogP contribution is 2.29. The molecule has 1 atom stereocenters. The van der Waals surface area contributed by atoms with Crippen LogP contribution in [0, 0.1) is 0 Å². The maximum Gasteiger partial charge on any atom is 0.341 e. The second-order valence-electron chi connectivity index (χ2n) is 4.75. The van der Waals surface area contributed by atoms with Gasteiger partial charge in [0, 0.05) is 9.58 Å². The highest BCUT2D eigenvalue weighted by atomic mass is 32.2. The Hall–Kier alpha value is -2.06. The fourth-order valence-electron chi connectivity index (χ4n) is 2.03. The van der Waals surface area contributed by atoms with Gasteiger partial charge in [-0.3, -0.25) is 9.78 Å². The molecule has 3 N–H and O–H groups in total. The van der Waals surface area contributed by atoms with E-state index in [-0.39, 0.29) is 23.4 Å². The second kappa shape index (κ2) is 6.37. The molecule has 1 aromatic carbocycles. The van der Waals surface area contributed by atoms with Crippen molar-refractivity contribution in [1.82, 2.24) is 20.5 Å². The molecule has 0 unspecified atom stereocenters. The molecule has 2 heterocycles. The van der Waals surface area contributed by atoms with E-state index in [1.807, 2.05) is 19.1 Å². The van der Waals surface area contributed by atoms with Crippen molar-refractivity contribution >= 4 is 39.1 Å². The zero-order chi connectivity index (χ0) is 15.5. The average molecular weight is 334 g/mol. The molecule has 8 heteroatoms. The van der Waals surface area contributed by atoms with Gasteiger partial charge in [-0.1, -0.05) is 30.0 Å². The van der Waals surface area contributed by atoms with E-state index in [1.165, 1.54) is 21.8 Å². The summed E-state index contributed by atoms with van der Waals surface area (Å²) in [7, 11) is 0. The van der Waals surface area contributed by atoms with Crippen LogP contribution in [0.25, 0.3) is 10.1 Å². The Morgan fingerprint density at radius 3 is 3.00 bits per heavy atom. The molecule has 0 aliphatic carbocycles. The Balaban J connectivity index is 1.59. The minimum absolute atomic E-state index is 0.0521. The van der Waals surface area contributed by atoms with Crippen LogP contribution in [0.3, 0.4) is 0 Å². The number of H-pyrrole nitrogens is 2. The molecule has 1 amide bonds. The van der Waals surface area contributed by atoms with Crippen molar-refractivity contribution in [3.05, 3.63) is 45.7 Å². The van der Waals surface area contributed by atoms with Crippen molar-refractivity contribution in [2.45, 2.75) is 18.1 Å². The Labute approximate surface area is 134 Å². The quantitative estimate of drug-likeness (QED) is 0.624. The molecule has 0 fully saturated rings. The molecule has 2 aromatic heterocycles. The normalized spacial score (nSPS) is 12.4. The number of thiophene rings is 1. The van der Waals surface area contributed by atoms with Crippen LogP contribution in [0.5, 0.6) is 0 Å². The third-order valence-corrected chi connectivity index (χ3v) is 5.24. The molecule has 0 aliphatic rings. The standard InChI is InChI=1S/C14H14N4O2S2/c1-8(11-6-9-4-2-3-5-10(9)22-11)15-12(19)7-21-14-16-13(20)17-18-14/h2-6,8H,7H2,1H3,(H,15,19)(H2,16,17,18,20)/t8-/m1/s1. The van der Waals surface area contributed by atoms with Crippen molar-refractivity contribution in [3.8, 4) is 0 Å². The Bertz CT molecular complexity index is 819.